The first kappa shape index (κ1) is 9.47. The number of hydrogen-bond donors (Lipinski definition) is 1. The van der Waals surface area contributed by atoms with E-state index in [4.69, 9.17) is 4.74 Å². The summed E-state index contributed by atoms with van der Waals surface area (Å²) in [6.45, 7) is 0.891. The molecule has 0 bridgehead atoms. The second-order valence-corrected chi connectivity index (χ2v) is 4.52. The highest BCUT2D eigenvalue weighted by molar-refractivity contribution is 4.78. The SMILES string of the molecule is OC1CCCC1OCC1CCCC1. The molecule has 2 nitrogen and oxygen atoms in total. The second kappa shape index (κ2) is 4.43. The fourth-order valence-electron chi connectivity index (χ4n) is 2.54. The van der Waals surface area contributed by atoms with E-state index in [1.165, 1.54) is 25.7 Å². The Labute approximate surface area is 80.3 Å². The predicted molar refractivity (Wildman–Crippen MR) is 51.6 cm³/mol. The Morgan fingerprint density at radius 1 is 1.00 bits per heavy atom. The van der Waals surface area contributed by atoms with Gasteiger partial charge in [0.1, 0.15) is 0 Å². The molecule has 13 heavy (non-hydrogen) atoms. The Balaban J connectivity index is 1.66. The summed E-state index contributed by atoms with van der Waals surface area (Å²) in [5.41, 5.74) is 0. The second-order valence-electron chi connectivity index (χ2n) is 4.52. The molecule has 2 heteroatoms. The first-order chi connectivity index (χ1) is 6.36. The predicted octanol–water partition coefficient (Wildman–Crippen LogP) is 2.11. The number of rotatable bonds is 3. The fourth-order valence-corrected chi connectivity index (χ4v) is 2.54. The van der Waals surface area contributed by atoms with Crippen LogP contribution < -0.4 is 0 Å². The molecule has 2 aliphatic rings. The van der Waals surface area contributed by atoms with Crippen molar-refractivity contribution >= 4 is 0 Å². The number of aliphatic hydroxyl groups excluding tert-OH is 1. The molecule has 0 aliphatic heterocycles. The summed E-state index contributed by atoms with van der Waals surface area (Å²) in [6, 6.07) is 0. The third kappa shape index (κ3) is 2.44. The summed E-state index contributed by atoms with van der Waals surface area (Å²) in [6.07, 6.45) is 8.54. The highest BCUT2D eigenvalue weighted by atomic mass is 16.5. The lowest BCUT2D eigenvalue weighted by molar-refractivity contribution is -0.0314. The van der Waals surface area contributed by atoms with Crippen LogP contribution in [-0.2, 0) is 4.74 Å². The van der Waals surface area contributed by atoms with Gasteiger partial charge in [-0.1, -0.05) is 12.8 Å². The molecular weight excluding hydrogens is 164 g/mol. The van der Waals surface area contributed by atoms with E-state index in [1.54, 1.807) is 0 Å². The van der Waals surface area contributed by atoms with E-state index in [0.29, 0.717) is 0 Å². The largest absolute Gasteiger partial charge is 0.390 e. The van der Waals surface area contributed by atoms with Crippen molar-refractivity contribution in [3.05, 3.63) is 0 Å². The van der Waals surface area contributed by atoms with Gasteiger partial charge in [-0.15, -0.1) is 0 Å². The molecule has 2 atom stereocenters. The lowest BCUT2D eigenvalue weighted by Gasteiger charge is -2.18. The van der Waals surface area contributed by atoms with Gasteiger partial charge < -0.3 is 9.84 Å². The molecule has 1 N–H and O–H groups in total. The zero-order chi connectivity index (χ0) is 9.10. The van der Waals surface area contributed by atoms with Crippen molar-refractivity contribution in [2.45, 2.75) is 57.2 Å². The van der Waals surface area contributed by atoms with Gasteiger partial charge in [-0.3, -0.25) is 0 Å². The molecule has 0 heterocycles. The molecule has 0 aromatic rings. The molecule has 2 rings (SSSR count). The molecule has 0 aromatic heterocycles. The molecule has 2 unspecified atom stereocenters. The van der Waals surface area contributed by atoms with Gasteiger partial charge >= 0.3 is 0 Å². The first-order valence-electron chi connectivity index (χ1n) is 5.66. The third-order valence-electron chi connectivity index (χ3n) is 3.44. The Morgan fingerprint density at radius 3 is 2.38 bits per heavy atom. The third-order valence-corrected chi connectivity index (χ3v) is 3.44. The van der Waals surface area contributed by atoms with E-state index in [0.717, 1.165) is 31.8 Å². The van der Waals surface area contributed by atoms with Crippen LogP contribution in [0.5, 0.6) is 0 Å². The maximum absolute atomic E-state index is 9.54. The van der Waals surface area contributed by atoms with E-state index in [-0.39, 0.29) is 12.2 Å². The summed E-state index contributed by atoms with van der Waals surface area (Å²) in [5.74, 6) is 0.785. The van der Waals surface area contributed by atoms with Crippen molar-refractivity contribution < 1.29 is 9.84 Å². The number of aliphatic hydroxyl groups is 1. The minimum Gasteiger partial charge on any atom is -0.390 e. The van der Waals surface area contributed by atoms with Gasteiger partial charge in [-0.2, -0.15) is 0 Å². The van der Waals surface area contributed by atoms with Crippen molar-refractivity contribution in [2.24, 2.45) is 5.92 Å². The van der Waals surface area contributed by atoms with Gasteiger partial charge in [-0.05, 0) is 38.0 Å². The van der Waals surface area contributed by atoms with Crippen LogP contribution in [0.25, 0.3) is 0 Å². The van der Waals surface area contributed by atoms with E-state index in [2.05, 4.69) is 0 Å². The average Bonchev–Trinajstić information content (AvgIpc) is 2.72. The molecule has 0 saturated heterocycles. The maximum Gasteiger partial charge on any atom is 0.0834 e. The fraction of sp³-hybridized carbons (Fsp3) is 1.00. The van der Waals surface area contributed by atoms with E-state index in [1.807, 2.05) is 0 Å². The normalized spacial score (nSPS) is 35.8. The summed E-state index contributed by atoms with van der Waals surface area (Å²) >= 11 is 0. The van der Waals surface area contributed by atoms with Gasteiger partial charge in [0, 0.05) is 6.61 Å². The maximum atomic E-state index is 9.54. The minimum atomic E-state index is -0.179. The van der Waals surface area contributed by atoms with Crippen LogP contribution in [0.15, 0.2) is 0 Å². The van der Waals surface area contributed by atoms with Crippen LogP contribution in [0.4, 0.5) is 0 Å². The van der Waals surface area contributed by atoms with Crippen molar-refractivity contribution in [1.29, 1.82) is 0 Å². The van der Waals surface area contributed by atoms with Gasteiger partial charge in [-0.25, -0.2) is 0 Å². The van der Waals surface area contributed by atoms with Crippen LogP contribution in [0.2, 0.25) is 0 Å². The molecule has 0 spiro atoms. The minimum absolute atomic E-state index is 0.153. The highest BCUT2D eigenvalue weighted by Crippen LogP contribution is 2.27. The monoisotopic (exact) mass is 184 g/mol. The Bertz CT molecular complexity index is 152. The lowest BCUT2D eigenvalue weighted by atomic mass is 10.1. The first-order valence-corrected chi connectivity index (χ1v) is 5.66. The Hall–Kier alpha value is -0.0800. The number of hydrogen-bond acceptors (Lipinski definition) is 2. The van der Waals surface area contributed by atoms with Gasteiger partial charge in [0.25, 0.3) is 0 Å². The molecular formula is C11H20O2. The molecule has 2 fully saturated rings. The molecule has 0 aromatic carbocycles. The van der Waals surface area contributed by atoms with E-state index >= 15 is 0 Å². The summed E-state index contributed by atoms with van der Waals surface area (Å²) in [4.78, 5) is 0. The van der Waals surface area contributed by atoms with Crippen LogP contribution >= 0.6 is 0 Å². The van der Waals surface area contributed by atoms with Crippen LogP contribution in [-0.4, -0.2) is 23.9 Å². The summed E-state index contributed by atoms with van der Waals surface area (Å²) in [5, 5.41) is 9.54. The lowest BCUT2D eigenvalue weighted by Crippen LogP contribution is -2.24. The summed E-state index contributed by atoms with van der Waals surface area (Å²) < 4.78 is 5.75. The van der Waals surface area contributed by atoms with Crippen LogP contribution in [0.1, 0.15) is 44.9 Å². The zero-order valence-electron chi connectivity index (χ0n) is 8.24. The highest BCUT2D eigenvalue weighted by Gasteiger charge is 2.27. The van der Waals surface area contributed by atoms with Gasteiger partial charge in [0.05, 0.1) is 12.2 Å². The standard InChI is InChI=1S/C11H20O2/c12-10-6-3-7-11(10)13-8-9-4-1-2-5-9/h9-12H,1-8H2. The van der Waals surface area contributed by atoms with E-state index in [9.17, 15) is 5.11 Å². The smallest absolute Gasteiger partial charge is 0.0834 e. The van der Waals surface area contributed by atoms with Gasteiger partial charge in [0.15, 0.2) is 0 Å². The van der Waals surface area contributed by atoms with E-state index < -0.39 is 0 Å². The topological polar surface area (TPSA) is 29.5 Å². The van der Waals surface area contributed by atoms with Gasteiger partial charge in [0.2, 0.25) is 0 Å². The quantitative estimate of drug-likeness (QED) is 0.728. The Morgan fingerprint density at radius 2 is 1.77 bits per heavy atom. The molecule has 2 aliphatic carbocycles. The molecule has 2 saturated carbocycles. The average molecular weight is 184 g/mol. The zero-order valence-corrected chi connectivity index (χ0v) is 8.24. The number of ether oxygens (including phenoxy) is 1. The summed E-state index contributed by atoms with van der Waals surface area (Å²) in [7, 11) is 0. The molecule has 0 radical (unpaired) electrons. The van der Waals surface area contributed by atoms with Crippen molar-refractivity contribution in [1.82, 2.24) is 0 Å². The van der Waals surface area contributed by atoms with Crippen LogP contribution in [0, 0.1) is 5.92 Å². The van der Waals surface area contributed by atoms with Crippen LogP contribution in [0.3, 0.4) is 0 Å². The van der Waals surface area contributed by atoms with Crippen molar-refractivity contribution in [3.8, 4) is 0 Å². The Kier molecular flexibility index (Phi) is 3.23. The van der Waals surface area contributed by atoms with Crippen molar-refractivity contribution in [2.75, 3.05) is 6.61 Å². The molecule has 76 valence electrons. The van der Waals surface area contributed by atoms with Crippen molar-refractivity contribution in [3.63, 3.8) is 0 Å². The molecule has 0 amide bonds.